The van der Waals surface area contributed by atoms with Gasteiger partial charge in [-0.15, -0.1) is 0 Å². The third-order valence-electron chi connectivity index (χ3n) is 2.83. The van der Waals surface area contributed by atoms with Crippen LogP contribution in [0.1, 0.15) is 35.0 Å². The Morgan fingerprint density at radius 2 is 2.15 bits per heavy atom. The van der Waals surface area contributed by atoms with E-state index in [0.29, 0.717) is 0 Å². The Kier molecular flexibility index (Phi) is 2.02. The molecule has 0 aromatic carbocycles. The number of nitro groups is 1. The van der Waals surface area contributed by atoms with E-state index in [4.69, 9.17) is 6.48 Å². The molecule has 0 aromatic heterocycles. The molecule has 0 radical (unpaired) electrons. The molecule has 0 bridgehead atoms. The Morgan fingerprint density at radius 1 is 1.69 bits per heavy atom. The number of nitrogens with zero attached hydrogens (tertiary/aromatic N) is 1. The molecular formula is C9H17NO3. The first-order valence-electron chi connectivity index (χ1n) is 4.92. The predicted molar refractivity (Wildman–Crippen MR) is 49.0 cm³/mol. The molecule has 0 spiro atoms. The molecule has 0 saturated heterocycles. The van der Waals surface area contributed by atoms with Gasteiger partial charge in [-0.2, -0.15) is 0 Å². The largest absolute Gasteiger partial charge is 0.389 e. The lowest BCUT2D eigenvalue weighted by Gasteiger charge is -2.45. The van der Waals surface area contributed by atoms with Crippen LogP contribution in [0.4, 0.5) is 0 Å². The molecule has 0 atom stereocenters. The van der Waals surface area contributed by atoms with Gasteiger partial charge in [-0.25, -0.2) is 0 Å². The average Bonchev–Trinajstić information content (AvgIpc) is 1.95. The van der Waals surface area contributed by atoms with Crippen molar-refractivity contribution in [3.8, 4) is 0 Å². The van der Waals surface area contributed by atoms with Crippen LogP contribution >= 0.6 is 0 Å². The van der Waals surface area contributed by atoms with E-state index < -0.39 is 23.0 Å². The van der Waals surface area contributed by atoms with Gasteiger partial charge in [0.15, 0.2) is 0 Å². The number of aliphatic hydroxyl groups is 1. The van der Waals surface area contributed by atoms with Crippen molar-refractivity contribution in [2.24, 2.45) is 11.3 Å². The van der Waals surface area contributed by atoms with Crippen molar-refractivity contribution < 1.29 is 11.4 Å². The van der Waals surface area contributed by atoms with Gasteiger partial charge in [0.1, 0.15) is 6.61 Å². The van der Waals surface area contributed by atoms with Crippen LogP contribution in [-0.4, -0.2) is 22.2 Å². The van der Waals surface area contributed by atoms with Gasteiger partial charge in [-0.1, -0.05) is 20.8 Å². The van der Waals surface area contributed by atoms with Crippen molar-refractivity contribution in [1.29, 1.82) is 0 Å². The van der Waals surface area contributed by atoms with Crippen molar-refractivity contribution >= 4 is 0 Å². The van der Waals surface area contributed by atoms with Gasteiger partial charge >= 0.3 is 0 Å². The summed E-state index contributed by atoms with van der Waals surface area (Å²) in [4.78, 5) is 10.3. The molecule has 0 heterocycles. The zero-order valence-electron chi connectivity index (χ0n) is 9.33. The molecule has 0 aromatic rings. The maximum Gasteiger partial charge on any atom is 0.245 e. The number of hydrogen-bond acceptors (Lipinski definition) is 3. The Balaban J connectivity index is 2.78. The van der Waals surface area contributed by atoms with Crippen molar-refractivity contribution in [1.82, 2.24) is 0 Å². The lowest BCUT2D eigenvalue weighted by atomic mass is 9.59. The van der Waals surface area contributed by atoms with Crippen LogP contribution < -0.4 is 0 Å². The van der Waals surface area contributed by atoms with E-state index in [0.717, 1.165) is 0 Å². The van der Waals surface area contributed by atoms with Crippen molar-refractivity contribution in [2.45, 2.75) is 39.2 Å². The number of rotatable bonds is 2. The van der Waals surface area contributed by atoms with Crippen LogP contribution in [0.3, 0.4) is 0 Å². The zero-order valence-corrected chi connectivity index (χ0v) is 8.33. The first-order valence-corrected chi connectivity index (χ1v) is 4.42. The summed E-state index contributed by atoms with van der Waals surface area (Å²) in [5, 5.41) is 19.7. The number of hydrogen-bond donors (Lipinski definition) is 1. The minimum atomic E-state index is -1.25. The Morgan fingerprint density at radius 3 is 2.38 bits per heavy atom. The summed E-state index contributed by atoms with van der Waals surface area (Å²) < 4.78 is 8.05. The topological polar surface area (TPSA) is 63.4 Å². The van der Waals surface area contributed by atoms with Crippen LogP contribution in [-0.2, 0) is 0 Å². The van der Waals surface area contributed by atoms with Crippen LogP contribution in [0, 0.1) is 21.4 Å². The molecule has 1 saturated carbocycles. The van der Waals surface area contributed by atoms with E-state index in [1.165, 1.54) is 0 Å². The molecule has 0 amide bonds. The second-order valence-corrected chi connectivity index (χ2v) is 4.85. The molecular weight excluding hydrogens is 170 g/mol. The minimum absolute atomic E-state index is 0.146. The summed E-state index contributed by atoms with van der Waals surface area (Å²) in [5.41, 5.74) is -1.53. The molecule has 13 heavy (non-hydrogen) atoms. The highest BCUT2D eigenvalue weighted by molar-refractivity contribution is 4.98. The summed E-state index contributed by atoms with van der Waals surface area (Å²) in [5.74, 6) is -0.775. The van der Waals surface area contributed by atoms with E-state index in [1.54, 1.807) is 0 Å². The van der Waals surface area contributed by atoms with Crippen molar-refractivity contribution in [2.75, 3.05) is 6.61 Å². The lowest BCUT2D eigenvalue weighted by Crippen LogP contribution is -2.56. The minimum Gasteiger partial charge on any atom is -0.389 e. The van der Waals surface area contributed by atoms with Gasteiger partial charge in [0.05, 0.1) is 0 Å². The van der Waals surface area contributed by atoms with E-state index in [1.807, 2.05) is 20.8 Å². The summed E-state index contributed by atoms with van der Waals surface area (Å²) in [6.45, 7) is 5.25. The lowest BCUT2D eigenvalue weighted by molar-refractivity contribution is -0.596. The quantitative estimate of drug-likeness (QED) is 0.527. The SMILES string of the molecule is [2H]C1(C(C)(C)C)CC(CO)([N+](=O)[O-])C1. The zero-order chi connectivity index (χ0) is 11.2. The van der Waals surface area contributed by atoms with E-state index in [9.17, 15) is 10.1 Å². The molecule has 4 heteroatoms. The number of aliphatic hydroxyl groups excluding tert-OH is 1. The Labute approximate surface area is 79.5 Å². The maximum atomic E-state index is 10.7. The molecule has 0 aliphatic heterocycles. The predicted octanol–water partition coefficient (Wildman–Crippen LogP) is 1.45. The molecule has 1 N–H and O–H groups in total. The normalized spacial score (nSPS) is 40.8. The molecule has 1 fully saturated rings. The highest BCUT2D eigenvalue weighted by Crippen LogP contribution is 2.48. The highest BCUT2D eigenvalue weighted by atomic mass is 16.6. The fraction of sp³-hybridized carbons (Fsp3) is 1.00. The van der Waals surface area contributed by atoms with Crippen molar-refractivity contribution in [3.05, 3.63) is 10.1 Å². The monoisotopic (exact) mass is 188 g/mol. The summed E-state index contributed by atoms with van der Waals surface area (Å²) in [6, 6.07) is 0. The van der Waals surface area contributed by atoms with Crippen LogP contribution in [0.2, 0.25) is 0 Å². The van der Waals surface area contributed by atoms with E-state index in [2.05, 4.69) is 0 Å². The van der Waals surface area contributed by atoms with Gasteiger partial charge in [0.25, 0.3) is 0 Å². The fourth-order valence-electron chi connectivity index (χ4n) is 1.57. The molecule has 1 rings (SSSR count). The van der Waals surface area contributed by atoms with Gasteiger partial charge in [-0.05, 0) is 11.3 Å². The van der Waals surface area contributed by atoms with E-state index in [-0.39, 0.29) is 18.3 Å². The molecule has 76 valence electrons. The second kappa shape index (κ2) is 2.94. The summed E-state index contributed by atoms with van der Waals surface area (Å²) in [7, 11) is 0. The second-order valence-electron chi connectivity index (χ2n) is 4.85. The van der Waals surface area contributed by atoms with Gasteiger partial charge in [-0.3, -0.25) is 10.1 Å². The molecule has 1 aliphatic rings. The summed E-state index contributed by atoms with van der Waals surface area (Å²) >= 11 is 0. The third-order valence-corrected chi connectivity index (χ3v) is 2.83. The third kappa shape index (κ3) is 1.68. The van der Waals surface area contributed by atoms with Crippen LogP contribution in [0.25, 0.3) is 0 Å². The standard InChI is InChI=1S/C9H17NO3/c1-8(2,3)7-4-9(5-7,6-11)10(12)13/h7,11H,4-6H2,1-3H3/i7D. The maximum absolute atomic E-state index is 10.7. The van der Waals surface area contributed by atoms with Crippen molar-refractivity contribution in [3.63, 3.8) is 0 Å². The average molecular weight is 188 g/mol. The van der Waals surface area contributed by atoms with Gasteiger partial charge in [0, 0.05) is 19.1 Å². The van der Waals surface area contributed by atoms with Gasteiger partial charge < -0.3 is 5.11 Å². The van der Waals surface area contributed by atoms with Gasteiger partial charge in [0.2, 0.25) is 5.54 Å². The molecule has 0 unspecified atom stereocenters. The Hall–Kier alpha value is -0.640. The van der Waals surface area contributed by atoms with Crippen LogP contribution in [0.5, 0.6) is 0 Å². The molecule has 1 aliphatic carbocycles. The summed E-state index contributed by atoms with van der Waals surface area (Å²) in [6.07, 6.45) is 0.292. The molecule has 4 nitrogen and oxygen atoms in total. The first-order chi connectivity index (χ1) is 6.17. The van der Waals surface area contributed by atoms with E-state index >= 15 is 0 Å². The fourth-order valence-corrected chi connectivity index (χ4v) is 1.57. The first kappa shape index (κ1) is 8.94. The highest BCUT2D eigenvalue weighted by Gasteiger charge is 2.57. The van der Waals surface area contributed by atoms with Crippen LogP contribution in [0.15, 0.2) is 0 Å². The smallest absolute Gasteiger partial charge is 0.245 e. The Bertz CT molecular complexity index is 253.